The molecule has 0 aromatic heterocycles. The van der Waals surface area contributed by atoms with Crippen LogP contribution < -0.4 is 4.72 Å². The summed E-state index contributed by atoms with van der Waals surface area (Å²) in [4.78, 5) is 0. The average molecular weight is 321 g/mol. The molecule has 0 atom stereocenters. The van der Waals surface area contributed by atoms with E-state index in [2.05, 4.69) is 10.8 Å². The number of nitrogens with one attached hydrogen (secondary N) is 1. The van der Waals surface area contributed by atoms with Gasteiger partial charge in [-0.25, -0.2) is 13.1 Å². The molecule has 2 aromatic carbocycles. The minimum Gasteiger partial charge on any atom is -0.211 e. The zero-order chi connectivity index (χ0) is 15.1. The van der Waals surface area contributed by atoms with Gasteiger partial charge in [0.15, 0.2) is 0 Å². The van der Waals surface area contributed by atoms with Gasteiger partial charge in [0.25, 0.3) is 0 Å². The third kappa shape index (κ3) is 5.71. The van der Waals surface area contributed by atoms with Crippen molar-refractivity contribution in [2.75, 3.05) is 6.54 Å². The van der Waals surface area contributed by atoms with Crippen molar-refractivity contribution in [2.45, 2.75) is 6.42 Å². The number of hydrogen-bond donors (Lipinski definition) is 1. The number of benzene rings is 2. The lowest BCUT2D eigenvalue weighted by Gasteiger charge is -2.03. The second-order valence-corrected chi connectivity index (χ2v) is 6.54. The minimum absolute atomic E-state index is 0.358. The summed E-state index contributed by atoms with van der Waals surface area (Å²) in [5.41, 5.74) is 1.85. The van der Waals surface area contributed by atoms with Gasteiger partial charge < -0.3 is 0 Å². The van der Waals surface area contributed by atoms with E-state index in [4.69, 9.17) is 11.6 Å². The van der Waals surface area contributed by atoms with Crippen molar-refractivity contribution >= 4 is 27.7 Å². The van der Waals surface area contributed by atoms with Crippen LogP contribution in [0.5, 0.6) is 0 Å². The first-order valence-corrected chi connectivity index (χ1v) is 8.36. The van der Waals surface area contributed by atoms with Crippen LogP contribution in [-0.4, -0.2) is 15.0 Å². The van der Waals surface area contributed by atoms with Crippen LogP contribution in [0.3, 0.4) is 0 Å². The Morgan fingerprint density at radius 2 is 1.76 bits per heavy atom. The fourth-order valence-corrected chi connectivity index (χ4v) is 2.66. The highest BCUT2D eigenvalue weighted by Crippen LogP contribution is 2.11. The summed E-state index contributed by atoms with van der Waals surface area (Å²) in [6.07, 6.45) is 2.18. The fraction of sp³-hybridized carbons (Fsp3) is 0.125. The largest absolute Gasteiger partial charge is 0.233 e. The Morgan fingerprint density at radius 1 is 1.10 bits per heavy atom. The molecule has 0 spiro atoms. The molecule has 5 heteroatoms. The van der Waals surface area contributed by atoms with Crippen LogP contribution in [0.1, 0.15) is 11.1 Å². The van der Waals surface area contributed by atoms with Gasteiger partial charge >= 0.3 is 0 Å². The van der Waals surface area contributed by atoms with Crippen LogP contribution >= 0.6 is 11.6 Å². The molecule has 0 fully saturated rings. The molecule has 0 aliphatic heterocycles. The fourth-order valence-electron chi connectivity index (χ4n) is 1.72. The Kier molecular flexibility index (Phi) is 5.56. The maximum absolute atomic E-state index is 11.8. The zero-order valence-corrected chi connectivity index (χ0v) is 12.9. The molecular weight excluding hydrogens is 306 g/mol. The minimum atomic E-state index is -3.43. The van der Waals surface area contributed by atoms with E-state index in [1.54, 1.807) is 24.3 Å². The first kappa shape index (κ1) is 15.8. The number of hydrogen-bond acceptors (Lipinski definition) is 2. The Labute approximate surface area is 130 Å². The topological polar surface area (TPSA) is 46.2 Å². The lowest BCUT2D eigenvalue weighted by molar-refractivity contribution is 0.591. The van der Waals surface area contributed by atoms with Gasteiger partial charge in [0.1, 0.15) is 0 Å². The van der Waals surface area contributed by atoms with Crippen molar-refractivity contribution in [1.82, 2.24) is 4.72 Å². The molecule has 21 heavy (non-hydrogen) atoms. The standard InChI is InChI=1S/C16H15ClNO2S/c17-16-8-6-15(7-9-16)11-13-21(19,20)18-12-10-14-4-2-1-3-5-14/h2-9,11,13,18H,10,12H2. The monoisotopic (exact) mass is 320 g/mol. The SMILES string of the molecule is O=S(=O)(C=Cc1ccc(Cl)cc1)NCCc1cc[c]cc1. The van der Waals surface area contributed by atoms with Crippen LogP contribution in [0.15, 0.2) is 53.9 Å². The van der Waals surface area contributed by atoms with Gasteiger partial charge in [-0.2, -0.15) is 0 Å². The van der Waals surface area contributed by atoms with Crippen molar-refractivity contribution in [3.05, 3.63) is 76.2 Å². The summed E-state index contributed by atoms with van der Waals surface area (Å²) in [5, 5.41) is 1.78. The molecule has 0 heterocycles. The second-order valence-electron chi connectivity index (χ2n) is 4.45. The highest BCUT2D eigenvalue weighted by Gasteiger charge is 2.04. The van der Waals surface area contributed by atoms with E-state index in [9.17, 15) is 8.42 Å². The molecule has 0 amide bonds. The number of sulfonamides is 1. The highest BCUT2D eigenvalue weighted by atomic mass is 35.5. The van der Waals surface area contributed by atoms with Gasteiger partial charge in [-0.3, -0.25) is 0 Å². The third-order valence-corrected chi connectivity index (χ3v) is 4.17. The first-order valence-electron chi connectivity index (χ1n) is 6.43. The van der Waals surface area contributed by atoms with E-state index in [1.165, 1.54) is 6.08 Å². The molecule has 1 radical (unpaired) electrons. The maximum atomic E-state index is 11.8. The second kappa shape index (κ2) is 7.41. The molecule has 3 nitrogen and oxygen atoms in total. The molecule has 2 rings (SSSR count). The average Bonchev–Trinajstić information content (AvgIpc) is 2.48. The molecule has 2 aromatic rings. The normalized spacial score (nSPS) is 11.9. The van der Waals surface area contributed by atoms with Gasteiger partial charge in [0.05, 0.1) is 0 Å². The van der Waals surface area contributed by atoms with Gasteiger partial charge in [-0.1, -0.05) is 48.0 Å². The van der Waals surface area contributed by atoms with Crippen molar-refractivity contribution in [3.63, 3.8) is 0 Å². The van der Waals surface area contributed by atoms with E-state index < -0.39 is 10.0 Å². The van der Waals surface area contributed by atoms with E-state index in [0.717, 1.165) is 16.5 Å². The predicted molar refractivity (Wildman–Crippen MR) is 86.4 cm³/mol. The third-order valence-electron chi connectivity index (χ3n) is 2.81. The van der Waals surface area contributed by atoms with Crippen molar-refractivity contribution in [3.8, 4) is 0 Å². The smallest absolute Gasteiger partial charge is 0.211 e. The summed E-state index contributed by atoms with van der Waals surface area (Å²) in [7, 11) is -3.43. The van der Waals surface area contributed by atoms with Crippen molar-refractivity contribution in [1.29, 1.82) is 0 Å². The summed E-state index contributed by atoms with van der Waals surface area (Å²) in [6.45, 7) is 0.358. The summed E-state index contributed by atoms with van der Waals surface area (Å²) >= 11 is 5.77. The molecule has 109 valence electrons. The van der Waals surface area contributed by atoms with Crippen LogP contribution in [0.4, 0.5) is 0 Å². The van der Waals surface area contributed by atoms with Gasteiger partial charge in [-0.05, 0) is 41.8 Å². The van der Waals surface area contributed by atoms with E-state index >= 15 is 0 Å². The molecule has 1 N–H and O–H groups in total. The van der Waals surface area contributed by atoms with E-state index in [1.807, 2.05) is 24.3 Å². The van der Waals surface area contributed by atoms with Crippen LogP contribution in [0.2, 0.25) is 5.02 Å². The predicted octanol–water partition coefficient (Wildman–Crippen LogP) is 3.27. The molecular formula is C16H15ClNO2S. The zero-order valence-electron chi connectivity index (χ0n) is 11.3. The van der Waals surface area contributed by atoms with Gasteiger partial charge in [0.2, 0.25) is 10.0 Å². The Hall–Kier alpha value is -1.62. The van der Waals surface area contributed by atoms with E-state index in [0.29, 0.717) is 18.0 Å². The molecule has 0 aliphatic carbocycles. The van der Waals surface area contributed by atoms with E-state index in [-0.39, 0.29) is 0 Å². The summed E-state index contributed by atoms with van der Waals surface area (Å²) in [5.74, 6) is 0. The maximum Gasteiger partial charge on any atom is 0.233 e. The Bertz CT molecular complexity index is 695. The molecule has 0 saturated heterocycles. The molecule has 0 saturated carbocycles. The first-order chi connectivity index (χ1) is 10.1. The summed E-state index contributed by atoms with van der Waals surface area (Å²) < 4.78 is 26.2. The summed E-state index contributed by atoms with van der Waals surface area (Å²) in [6, 6.07) is 17.3. The lowest BCUT2D eigenvalue weighted by atomic mass is 10.2. The van der Waals surface area contributed by atoms with Crippen LogP contribution in [0, 0.1) is 6.07 Å². The van der Waals surface area contributed by atoms with Crippen molar-refractivity contribution in [2.24, 2.45) is 0 Å². The van der Waals surface area contributed by atoms with Gasteiger partial charge in [0, 0.05) is 17.0 Å². The lowest BCUT2D eigenvalue weighted by Crippen LogP contribution is -2.23. The van der Waals surface area contributed by atoms with Crippen LogP contribution in [0.25, 0.3) is 6.08 Å². The quantitative estimate of drug-likeness (QED) is 0.888. The number of halogens is 1. The van der Waals surface area contributed by atoms with Crippen molar-refractivity contribution < 1.29 is 8.42 Å². The molecule has 0 aliphatic rings. The highest BCUT2D eigenvalue weighted by molar-refractivity contribution is 7.92. The Morgan fingerprint density at radius 3 is 2.43 bits per heavy atom. The van der Waals surface area contributed by atoms with Crippen LogP contribution in [-0.2, 0) is 16.4 Å². The number of rotatable bonds is 6. The Balaban J connectivity index is 1.88. The van der Waals surface area contributed by atoms with Gasteiger partial charge in [-0.15, -0.1) is 0 Å². The molecule has 0 unspecified atom stereocenters. The molecule has 0 bridgehead atoms.